The molecule has 5 nitrogen and oxygen atoms in total. The molecule has 2 N–H and O–H groups in total. The van der Waals surface area contributed by atoms with Gasteiger partial charge in [0.1, 0.15) is 5.75 Å². The van der Waals surface area contributed by atoms with Gasteiger partial charge in [-0.1, -0.05) is 73.7 Å². The van der Waals surface area contributed by atoms with Crippen molar-refractivity contribution in [3.8, 4) is 5.75 Å². The van der Waals surface area contributed by atoms with Crippen molar-refractivity contribution in [3.63, 3.8) is 0 Å². The molecule has 0 spiro atoms. The summed E-state index contributed by atoms with van der Waals surface area (Å²) in [7, 11) is 0. The van der Waals surface area contributed by atoms with E-state index in [4.69, 9.17) is 26.2 Å². The summed E-state index contributed by atoms with van der Waals surface area (Å²) in [4.78, 5) is 10.6. The van der Waals surface area contributed by atoms with E-state index >= 15 is 0 Å². The Morgan fingerprint density at radius 3 is 2.37 bits per heavy atom. The number of aromatic hydroxyl groups is 1. The Labute approximate surface area is 182 Å². The zero-order valence-electron chi connectivity index (χ0n) is 17.0. The smallest absolute Gasteiger partial charge is 0.303 e. The number of hydrogen-bond acceptors (Lipinski definition) is 4. The number of hydrogen-bond donors (Lipinski definition) is 2. The second-order valence-corrected chi connectivity index (χ2v) is 8.17. The number of unbranched alkanes of at least 4 members (excludes halogenated alkanes) is 4. The lowest BCUT2D eigenvalue weighted by Crippen LogP contribution is -2.31. The van der Waals surface area contributed by atoms with Gasteiger partial charge >= 0.3 is 5.97 Å². The Bertz CT molecular complexity index is 825. The van der Waals surface area contributed by atoms with Gasteiger partial charge in [-0.05, 0) is 25.0 Å². The van der Waals surface area contributed by atoms with Gasteiger partial charge in [-0.3, -0.25) is 4.79 Å². The molecule has 3 unspecified atom stereocenters. The number of rotatable bonds is 10. The van der Waals surface area contributed by atoms with Crippen molar-refractivity contribution in [3.05, 3.63) is 64.7 Å². The van der Waals surface area contributed by atoms with Gasteiger partial charge in [-0.15, -0.1) is 0 Å². The van der Waals surface area contributed by atoms with E-state index in [1.165, 1.54) is 0 Å². The molecule has 0 radical (unpaired) electrons. The summed E-state index contributed by atoms with van der Waals surface area (Å²) in [5.74, 6) is -0.387. The molecule has 0 aliphatic carbocycles. The number of halogens is 1. The van der Waals surface area contributed by atoms with E-state index in [2.05, 4.69) is 0 Å². The van der Waals surface area contributed by atoms with Gasteiger partial charge < -0.3 is 19.7 Å². The fourth-order valence-corrected chi connectivity index (χ4v) is 4.14. The maximum absolute atomic E-state index is 10.6. The van der Waals surface area contributed by atoms with Gasteiger partial charge in [0.25, 0.3) is 0 Å². The molecule has 3 rings (SSSR count). The van der Waals surface area contributed by atoms with Crippen LogP contribution in [-0.4, -0.2) is 22.8 Å². The Kier molecular flexibility index (Phi) is 8.55. The quantitative estimate of drug-likeness (QED) is 0.433. The minimum Gasteiger partial charge on any atom is -0.508 e. The summed E-state index contributed by atoms with van der Waals surface area (Å²) in [6.45, 7) is 0.522. The fourth-order valence-electron chi connectivity index (χ4n) is 3.91. The van der Waals surface area contributed by atoms with Crippen LogP contribution in [0.15, 0.2) is 48.5 Å². The van der Waals surface area contributed by atoms with Crippen LogP contribution in [0.1, 0.15) is 68.5 Å². The first-order chi connectivity index (χ1) is 14.6. The number of aliphatic carboxylic acids is 1. The normalized spacial score (nSPS) is 21.4. The van der Waals surface area contributed by atoms with E-state index in [0.29, 0.717) is 11.6 Å². The summed E-state index contributed by atoms with van der Waals surface area (Å²) in [5.41, 5.74) is 1.56. The van der Waals surface area contributed by atoms with Crippen LogP contribution in [0.25, 0.3) is 0 Å². The molecule has 1 aliphatic heterocycles. The predicted octanol–water partition coefficient (Wildman–Crippen LogP) is 6.26. The van der Waals surface area contributed by atoms with Crippen LogP contribution >= 0.6 is 11.6 Å². The van der Waals surface area contributed by atoms with Crippen molar-refractivity contribution >= 4 is 17.6 Å². The van der Waals surface area contributed by atoms with Crippen LogP contribution in [0.2, 0.25) is 5.02 Å². The summed E-state index contributed by atoms with van der Waals surface area (Å²) < 4.78 is 12.3. The van der Waals surface area contributed by atoms with Gasteiger partial charge in [0.15, 0.2) is 6.29 Å². The highest BCUT2D eigenvalue weighted by Crippen LogP contribution is 2.44. The molecular formula is C24H29ClO5. The molecule has 1 saturated heterocycles. The van der Waals surface area contributed by atoms with Crippen LogP contribution in [0.3, 0.4) is 0 Å². The predicted molar refractivity (Wildman–Crippen MR) is 116 cm³/mol. The monoisotopic (exact) mass is 432 g/mol. The Morgan fingerprint density at radius 2 is 1.63 bits per heavy atom. The zero-order chi connectivity index (χ0) is 21.3. The lowest BCUT2D eigenvalue weighted by Gasteiger charge is -2.37. The number of ether oxygens (including phenoxy) is 2. The second kappa shape index (κ2) is 11.3. The first kappa shape index (κ1) is 22.6. The average molecular weight is 433 g/mol. The first-order valence-corrected chi connectivity index (χ1v) is 10.9. The van der Waals surface area contributed by atoms with Crippen LogP contribution in [0, 0.1) is 5.92 Å². The fraction of sp³-hybridized carbons (Fsp3) is 0.458. The third-order valence-electron chi connectivity index (χ3n) is 5.53. The molecule has 30 heavy (non-hydrogen) atoms. The maximum atomic E-state index is 10.6. The summed E-state index contributed by atoms with van der Waals surface area (Å²) in [6.07, 6.45) is 5.01. The van der Waals surface area contributed by atoms with Crippen LogP contribution in [0.5, 0.6) is 5.75 Å². The number of benzene rings is 2. The van der Waals surface area contributed by atoms with Crippen LogP contribution in [0.4, 0.5) is 0 Å². The number of carboxylic acids is 1. The van der Waals surface area contributed by atoms with E-state index in [0.717, 1.165) is 49.7 Å². The number of phenols is 1. The molecule has 0 aromatic heterocycles. The minimum absolute atomic E-state index is 0.121. The molecule has 1 heterocycles. The first-order valence-electron chi connectivity index (χ1n) is 10.6. The number of phenolic OH excluding ortho intramolecular Hbond substituents is 1. The highest BCUT2D eigenvalue weighted by molar-refractivity contribution is 6.31. The summed E-state index contributed by atoms with van der Waals surface area (Å²) in [6, 6.07) is 14.8. The van der Waals surface area contributed by atoms with Gasteiger partial charge in [-0.25, -0.2) is 0 Å². The van der Waals surface area contributed by atoms with Crippen molar-refractivity contribution in [2.75, 3.05) is 6.61 Å². The SMILES string of the molecule is O=C(O)CCCCCCCC1COC(c2ccccc2Cl)OC1c1ccccc1O. The van der Waals surface area contributed by atoms with E-state index < -0.39 is 12.3 Å². The van der Waals surface area contributed by atoms with Crippen LogP contribution < -0.4 is 0 Å². The summed E-state index contributed by atoms with van der Waals surface area (Å²) in [5, 5.41) is 19.7. The van der Waals surface area contributed by atoms with Crippen molar-refractivity contribution in [1.29, 1.82) is 0 Å². The lowest BCUT2D eigenvalue weighted by molar-refractivity contribution is -0.245. The molecular weight excluding hydrogens is 404 g/mol. The highest BCUT2D eigenvalue weighted by Gasteiger charge is 2.35. The van der Waals surface area contributed by atoms with Gasteiger partial charge in [0.2, 0.25) is 0 Å². The molecule has 1 aliphatic rings. The van der Waals surface area contributed by atoms with Crippen molar-refractivity contribution in [1.82, 2.24) is 0 Å². The van der Waals surface area contributed by atoms with E-state index in [9.17, 15) is 9.90 Å². The van der Waals surface area contributed by atoms with E-state index in [1.807, 2.05) is 36.4 Å². The third kappa shape index (κ3) is 6.21. The molecule has 0 saturated carbocycles. The van der Waals surface area contributed by atoms with Crippen LogP contribution in [-0.2, 0) is 14.3 Å². The highest BCUT2D eigenvalue weighted by atomic mass is 35.5. The molecule has 0 bridgehead atoms. The zero-order valence-corrected chi connectivity index (χ0v) is 17.8. The van der Waals surface area contributed by atoms with Crippen molar-refractivity contribution in [2.45, 2.75) is 57.3 Å². The molecule has 1 fully saturated rings. The Morgan fingerprint density at radius 1 is 0.967 bits per heavy atom. The van der Waals surface area contributed by atoms with Crippen molar-refractivity contribution < 1.29 is 24.5 Å². The number of carbonyl (C=O) groups is 1. The number of carboxylic acid groups (broad SMARTS) is 1. The Balaban J connectivity index is 1.62. The maximum Gasteiger partial charge on any atom is 0.303 e. The lowest BCUT2D eigenvalue weighted by atomic mass is 9.89. The molecule has 0 amide bonds. The topological polar surface area (TPSA) is 76.0 Å². The minimum atomic E-state index is -0.731. The molecule has 2 aromatic carbocycles. The van der Waals surface area contributed by atoms with E-state index in [-0.39, 0.29) is 24.2 Å². The van der Waals surface area contributed by atoms with Gasteiger partial charge in [-0.2, -0.15) is 0 Å². The Hall–Kier alpha value is -2.08. The third-order valence-corrected chi connectivity index (χ3v) is 5.87. The van der Waals surface area contributed by atoms with Gasteiger partial charge in [0, 0.05) is 28.5 Å². The largest absolute Gasteiger partial charge is 0.508 e. The number of para-hydroxylation sites is 1. The second-order valence-electron chi connectivity index (χ2n) is 7.76. The van der Waals surface area contributed by atoms with E-state index in [1.54, 1.807) is 12.1 Å². The molecule has 6 heteroatoms. The van der Waals surface area contributed by atoms with Gasteiger partial charge in [0.05, 0.1) is 12.7 Å². The average Bonchev–Trinajstić information content (AvgIpc) is 2.74. The van der Waals surface area contributed by atoms with Crippen molar-refractivity contribution in [2.24, 2.45) is 5.92 Å². The molecule has 3 atom stereocenters. The standard InChI is InChI=1S/C24H29ClO5/c25-20-13-8-6-11-18(20)24-29-16-17(10-4-2-1-3-5-15-22(27)28)23(30-24)19-12-7-9-14-21(19)26/h6-9,11-14,17,23-24,26H,1-5,10,15-16H2,(H,27,28). The summed E-state index contributed by atoms with van der Waals surface area (Å²) >= 11 is 6.34. The molecule has 162 valence electrons. The molecule has 2 aromatic rings.